The van der Waals surface area contributed by atoms with Crippen molar-refractivity contribution in [2.45, 2.75) is 32.1 Å². The highest BCUT2D eigenvalue weighted by molar-refractivity contribution is 6.04. The van der Waals surface area contributed by atoms with Crippen molar-refractivity contribution in [1.82, 2.24) is 5.32 Å². The van der Waals surface area contributed by atoms with Crippen LogP contribution >= 0.6 is 0 Å². The smallest absolute Gasteiger partial charge is 0.319 e. The monoisotopic (exact) mass is 305 g/mol. The first-order chi connectivity index (χ1) is 10.3. The number of carbonyl (C=O) groups excluding carboxylic acids is 1. The van der Waals surface area contributed by atoms with Gasteiger partial charge in [-0.1, -0.05) is 19.9 Å². The summed E-state index contributed by atoms with van der Waals surface area (Å²) in [5.41, 5.74) is -0.548. The van der Waals surface area contributed by atoms with Crippen molar-refractivity contribution in [2.24, 2.45) is 5.41 Å². The Labute approximate surface area is 128 Å². The highest BCUT2D eigenvalue weighted by atomic mass is 16.7. The van der Waals surface area contributed by atoms with Crippen LogP contribution in [0, 0.1) is 5.41 Å². The Morgan fingerprint density at radius 2 is 1.95 bits per heavy atom. The van der Waals surface area contributed by atoms with Crippen LogP contribution < -0.4 is 14.8 Å². The van der Waals surface area contributed by atoms with E-state index in [9.17, 15) is 9.59 Å². The summed E-state index contributed by atoms with van der Waals surface area (Å²) in [6.07, 6.45) is 0.831. The van der Waals surface area contributed by atoms with Crippen LogP contribution in [0.25, 0.3) is 0 Å². The highest BCUT2D eigenvalue weighted by Gasteiger charge is 2.57. The van der Waals surface area contributed by atoms with Crippen LogP contribution in [-0.4, -0.2) is 30.3 Å². The molecule has 1 aliphatic heterocycles. The average molecular weight is 305 g/mol. The molecule has 1 amide bonds. The topological polar surface area (TPSA) is 84.9 Å². The van der Waals surface area contributed by atoms with Crippen molar-refractivity contribution in [3.8, 4) is 11.5 Å². The van der Waals surface area contributed by atoms with Crippen molar-refractivity contribution >= 4 is 11.9 Å². The number of carbonyl (C=O) groups is 2. The molecule has 118 valence electrons. The Kier molecular flexibility index (Phi) is 3.27. The number of ether oxygens (including phenoxy) is 2. The van der Waals surface area contributed by atoms with E-state index >= 15 is 0 Å². The van der Waals surface area contributed by atoms with Gasteiger partial charge in [-0.15, -0.1) is 0 Å². The van der Waals surface area contributed by atoms with Gasteiger partial charge in [0.05, 0.1) is 0 Å². The summed E-state index contributed by atoms with van der Waals surface area (Å²) in [6, 6.07) is 5.68. The summed E-state index contributed by atoms with van der Waals surface area (Å²) < 4.78 is 10.7. The van der Waals surface area contributed by atoms with Crippen molar-refractivity contribution < 1.29 is 24.2 Å². The molecule has 0 saturated heterocycles. The van der Waals surface area contributed by atoms with E-state index in [1.165, 1.54) is 0 Å². The largest absolute Gasteiger partial charge is 0.480 e. The van der Waals surface area contributed by atoms with Gasteiger partial charge in [0.1, 0.15) is 5.41 Å². The van der Waals surface area contributed by atoms with E-state index in [1.807, 2.05) is 32.0 Å². The third kappa shape index (κ3) is 2.38. The minimum Gasteiger partial charge on any atom is -0.480 e. The van der Waals surface area contributed by atoms with Gasteiger partial charge in [-0.05, 0) is 30.5 Å². The summed E-state index contributed by atoms with van der Waals surface area (Å²) in [7, 11) is 0. The van der Waals surface area contributed by atoms with E-state index < -0.39 is 17.3 Å². The minimum atomic E-state index is -1.20. The number of carboxylic acid groups (broad SMARTS) is 1. The van der Waals surface area contributed by atoms with E-state index in [-0.39, 0.29) is 12.2 Å². The molecule has 1 aromatic carbocycles. The van der Waals surface area contributed by atoms with Gasteiger partial charge in [-0.25, -0.2) is 0 Å². The number of fused-ring (bicyclic) bond motifs is 1. The Balaban J connectivity index is 1.69. The molecule has 1 fully saturated rings. The molecule has 0 atom stereocenters. The van der Waals surface area contributed by atoms with Gasteiger partial charge in [0.2, 0.25) is 12.7 Å². The Bertz CT molecular complexity index is 633. The van der Waals surface area contributed by atoms with Gasteiger partial charge >= 0.3 is 5.97 Å². The summed E-state index contributed by atoms with van der Waals surface area (Å²) >= 11 is 0. The molecule has 0 unspecified atom stereocenters. The maximum Gasteiger partial charge on any atom is 0.319 e. The fourth-order valence-corrected chi connectivity index (χ4v) is 2.55. The zero-order chi connectivity index (χ0) is 16.0. The van der Waals surface area contributed by atoms with Crippen LogP contribution in [-0.2, 0) is 15.0 Å². The lowest BCUT2D eigenvalue weighted by Crippen LogP contribution is -2.42. The van der Waals surface area contributed by atoms with Crippen LogP contribution in [0.3, 0.4) is 0 Å². The van der Waals surface area contributed by atoms with Crippen LogP contribution in [0.2, 0.25) is 0 Å². The van der Waals surface area contributed by atoms with E-state index in [4.69, 9.17) is 14.6 Å². The zero-order valence-electron chi connectivity index (χ0n) is 12.6. The molecule has 0 radical (unpaired) electrons. The van der Waals surface area contributed by atoms with E-state index in [0.29, 0.717) is 30.9 Å². The third-order valence-corrected chi connectivity index (χ3v) is 4.44. The van der Waals surface area contributed by atoms with Gasteiger partial charge in [-0.2, -0.15) is 0 Å². The molecule has 0 spiro atoms. The van der Waals surface area contributed by atoms with Crippen LogP contribution in [0.5, 0.6) is 11.5 Å². The van der Waals surface area contributed by atoms with Crippen molar-refractivity contribution in [3.05, 3.63) is 23.8 Å². The number of carboxylic acids is 1. The fourth-order valence-electron chi connectivity index (χ4n) is 2.55. The number of hydrogen-bond acceptors (Lipinski definition) is 4. The van der Waals surface area contributed by atoms with Gasteiger partial charge in [0.15, 0.2) is 11.5 Å². The second-order valence-electron chi connectivity index (χ2n) is 6.52. The first-order valence-electron chi connectivity index (χ1n) is 7.27. The van der Waals surface area contributed by atoms with E-state index in [0.717, 1.165) is 5.56 Å². The van der Waals surface area contributed by atoms with Crippen LogP contribution in [0.4, 0.5) is 0 Å². The van der Waals surface area contributed by atoms with E-state index in [2.05, 4.69) is 5.32 Å². The lowest BCUT2D eigenvalue weighted by molar-refractivity contribution is -0.149. The SMILES string of the molecule is CC(C)(CNC(=O)C1(C(=O)O)CC1)c1ccc2c(c1)OCO2. The first-order valence-corrected chi connectivity index (χ1v) is 7.27. The van der Waals surface area contributed by atoms with Gasteiger partial charge in [0.25, 0.3) is 0 Å². The lowest BCUT2D eigenvalue weighted by atomic mass is 9.84. The molecular formula is C16H19NO5. The highest BCUT2D eigenvalue weighted by Crippen LogP contribution is 2.46. The third-order valence-electron chi connectivity index (χ3n) is 4.44. The Hall–Kier alpha value is -2.24. The molecule has 0 aromatic heterocycles. The molecule has 1 heterocycles. The predicted octanol–water partition coefficient (Wildman–Crippen LogP) is 1.67. The van der Waals surface area contributed by atoms with Crippen LogP contribution in [0.15, 0.2) is 18.2 Å². The lowest BCUT2D eigenvalue weighted by Gasteiger charge is -2.26. The van der Waals surface area contributed by atoms with Crippen molar-refractivity contribution in [2.75, 3.05) is 13.3 Å². The second-order valence-corrected chi connectivity index (χ2v) is 6.52. The van der Waals surface area contributed by atoms with E-state index in [1.54, 1.807) is 0 Å². The predicted molar refractivity (Wildman–Crippen MR) is 77.9 cm³/mol. The maximum absolute atomic E-state index is 12.1. The first kappa shape index (κ1) is 14.7. The van der Waals surface area contributed by atoms with Gasteiger partial charge < -0.3 is 19.9 Å². The molecule has 2 aliphatic rings. The molecular weight excluding hydrogens is 286 g/mol. The van der Waals surface area contributed by atoms with Crippen molar-refractivity contribution in [3.63, 3.8) is 0 Å². The normalized spacial score (nSPS) is 17.9. The molecule has 3 rings (SSSR count). The molecule has 1 aromatic rings. The Morgan fingerprint density at radius 1 is 1.27 bits per heavy atom. The summed E-state index contributed by atoms with van der Waals surface area (Å²) in [5, 5.41) is 11.9. The maximum atomic E-state index is 12.1. The number of nitrogens with one attached hydrogen (secondary N) is 1. The van der Waals surface area contributed by atoms with Crippen LogP contribution in [0.1, 0.15) is 32.3 Å². The fraction of sp³-hybridized carbons (Fsp3) is 0.500. The second kappa shape index (κ2) is 4.90. The minimum absolute atomic E-state index is 0.219. The number of benzene rings is 1. The molecule has 2 N–H and O–H groups in total. The summed E-state index contributed by atoms with van der Waals surface area (Å²) in [5.74, 6) is -0.0211. The number of hydrogen-bond donors (Lipinski definition) is 2. The molecule has 1 aliphatic carbocycles. The average Bonchev–Trinajstić information content (AvgIpc) is 3.16. The quantitative estimate of drug-likeness (QED) is 0.808. The van der Waals surface area contributed by atoms with Gasteiger partial charge in [0, 0.05) is 12.0 Å². The molecule has 6 nitrogen and oxygen atoms in total. The zero-order valence-corrected chi connectivity index (χ0v) is 12.6. The number of rotatable bonds is 5. The van der Waals surface area contributed by atoms with Gasteiger partial charge in [-0.3, -0.25) is 9.59 Å². The summed E-state index contributed by atoms with van der Waals surface area (Å²) in [4.78, 5) is 23.3. The number of aliphatic carboxylic acids is 1. The molecule has 22 heavy (non-hydrogen) atoms. The molecule has 1 saturated carbocycles. The molecule has 6 heteroatoms. The Morgan fingerprint density at radius 3 is 2.59 bits per heavy atom. The number of amides is 1. The standard InChI is InChI=1S/C16H19NO5/c1-15(2,8-17-13(18)16(5-6-16)14(19)20)10-3-4-11-12(7-10)22-9-21-11/h3-4,7H,5-6,8-9H2,1-2H3,(H,17,18)(H,19,20). The molecule has 0 bridgehead atoms. The summed E-state index contributed by atoms with van der Waals surface area (Å²) in [6.45, 7) is 4.56. The van der Waals surface area contributed by atoms with Crippen molar-refractivity contribution in [1.29, 1.82) is 0 Å².